The van der Waals surface area contributed by atoms with Crippen LogP contribution in [0, 0.1) is 6.92 Å². The summed E-state index contributed by atoms with van der Waals surface area (Å²) in [5.74, 6) is 0. The van der Waals surface area contributed by atoms with Gasteiger partial charge in [-0.1, -0.05) is 24.6 Å². The maximum Gasteiger partial charge on any atom is 0.0358 e. The third kappa shape index (κ3) is 1.95. The second kappa shape index (κ2) is 3.85. The molecule has 0 aromatic heterocycles. The van der Waals surface area contributed by atoms with Crippen molar-refractivity contribution >= 4 is 18.3 Å². The molecule has 0 saturated carbocycles. The Balaban J connectivity index is 3.04. The number of hydrogen-bond acceptors (Lipinski definition) is 2. The lowest BCUT2D eigenvalue weighted by molar-refractivity contribution is 0.903. The maximum atomic E-state index is 5.82. The Hall–Kier alpha value is -0.630. The molecule has 1 aromatic carbocycles. The molecule has 0 radical (unpaired) electrons. The highest BCUT2D eigenvalue weighted by molar-refractivity contribution is 7.80. The van der Waals surface area contributed by atoms with Crippen LogP contribution < -0.4 is 5.73 Å². The summed E-state index contributed by atoms with van der Waals surface area (Å²) in [5.41, 5.74) is 9.06. The van der Waals surface area contributed by atoms with E-state index in [-0.39, 0.29) is 5.25 Å². The SMILES string of the molecule is CCC(S)c1cc(C)ccc1N. The molecule has 2 heteroatoms. The Labute approximate surface area is 79.4 Å². The van der Waals surface area contributed by atoms with Gasteiger partial charge in [-0.2, -0.15) is 12.6 Å². The minimum absolute atomic E-state index is 0.268. The lowest BCUT2D eigenvalue weighted by atomic mass is 10.1. The van der Waals surface area contributed by atoms with Crippen LogP contribution in [-0.4, -0.2) is 0 Å². The predicted molar refractivity (Wildman–Crippen MR) is 57.6 cm³/mol. The molecular formula is C10H15NS. The molecule has 0 spiro atoms. The minimum atomic E-state index is 0.268. The van der Waals surface area contributed by atoms with Crippen LogP contribution in [0.5, 0.6) is 0 Å². The average molecular weight is 181 g/mol. The number of rotatable bonds is 2. The van der Waals surface area contributed by atoms with Gasteiger partial charge in [0.1, 0.15) is 0 Å². The number of benzene rings is 1. The molecule has 1 nitrogen and oxygen atoms in total. The van der Waals surface area contributed by atoms with Crippen molar-refractivity contribution in [3.8, 4) is 0 Å². The first-order valence-corrected chi connectivity index (χ1v) is 4.71. The first-order valence-electron chi connectivity index (χ1n) is 4.19. The fourth-order valence-corrected chi connectivity index (χ4v) is 1.43. The van der Waals surface area contributed by atoms with Crippen molar-refractivity contribution in [3.05, 3.63) is 29.3 Å². The zero-order valence-electron chi connectivity index (χ0n) is 7.54. The van der Waals surface area contributed by atoms with E-state index < -0.39 is 0 Å². The molecule has 0 saturated heterocycles. The maximum absolute atomic E-state index is 5.82. The second-order valence-corrected chi connectivity index (χ2v) is 3.68. The smallest absolute Gasteiger partial charge is 0.0358 e. The summed E-state index contributed by atoms with van der Waals surface area (Å²) in [6.07, 6.45) is 1.01. The number of nitrogen functional groups attached to an aromatic ring is 1. The van der Waals surface area contributed by atoms with Crippen molar-refractivity contribution in [1.29, 1.82) is 0 Å². The van der Waals surface area contributed by atoms with Gasteiger partial charge in [-0.15, -0.1) is 0 Å². The summed E-state index contributed by atoms with van der Waals surface area (Å²) in [4.78, 5) is 0. The van der Waals surface area contributed by atoms with Crippen molar-refractivity contribution in [2.45, 2.75) is 25.5 Å². The van der Waals surface area contributed by atoms with E-state index in [1.807, 2.05) is 12.1 Å². The van der Waals surface area contributed by atoms with E-state index >= 15 is 0 Å². The van der Waals surface area contributed by atoms with Crippen LogP contribution in [0.2, 0.25) is 0 Å². The monoisotopic (exact) mass is 181 g/mol. The second-order valence-electron chi connectivity index (χ2n) is 3.06. The van der Waals surface area contributed by atoms with Gasteiger partial charge in [-0.25, -0.2) is 0 Å². The first-order chi connectivity index (χ1) is 5.65. The standard InChI is InChI=1S/C10H15NS/c1-3-10(12)8-6-7(2)4-5-9(8)11/h4-6,10,12H,3,11H2,1-2H3. The quantitative estimate of drug-likeness (QED) is 0.532. The van der Waals surface area contributed by atoms with Crippen LogP contribution in [0.4, 0.5) is 5.69 Å². The Bertz CT molecular complexity index is 271. The Morgan fingerprint density at radius 3 is 2.75 bits per heavy atom. The van der Waals surface area contributed by atoms with E-state index in [4.69, 9.17) is 5.73 Å². The zero-order chi connectivity index (χ0) is 9.14. The van der Waals surface area contributed by atoms with Gasteiger partial charge < -0.3 is 5.73 Å². The summed E-state index contributed by atoms with van der Waals surface area (Å²) in [5, 5.41) is 0.268. The topological polar surface area (TPSA) is 26.0 Å². The summed E-state index contributed by atoms with van der Waals surface area (Å²) >= 11 is 4.46. The molecule has 0 aliphatic carbocycles. The number of nitrogens with two attached hydrogens (primary N) is 1. The molecule has 0 heterocycles. The van der Waals surface area contributed by atoms with Gasteiger partial charge in [0.25, 0.3) is 0 Å². The summed E-state index contributed by atoms with van der Waals surface area (Å²) in [6.45, 7) is 4.18. The largest absolute Gasteiger partial charge is 0.398 e. The third-order valence-corrected chi connectivity index (χ3v) is 2.63. The lowest BCUT2D eigenvalue weighted by Crippen LogP contribution is -1.96. The van der Waals surface area contributed by atoms with Crippen LogP contribution in [0.25, 0.3) is 0 Å². The number of anilines is 1. The summed E-state index contributed by atoms with van der Waals surface area (Å²) in [7, 11) is 0. The van der Waals surface area contributed by atoms with E-state index in [0.717, 1.165) is 17.7 Å². The van der Waals surface area contributed by atoms with Gasteiger partial charge in [-0.05, 0) is 25.0 Å². The molecular weight excluding hydrogens is 166 g/mol. The minimum Gasteiger partial charge on any atom is -0.398 e. The third-order valence-electron chi connectivity index (χ3n) is 1.99. The number of aryl methyl sites for hydroxylation is 1. The molecule has 1 rings (SSSR count). The molecule has 0 bridgehead atoms. The zero-order valence-corrected chi connectivity index (χ0v) is 8.44. The number of thiol groups is 1. The van der Waals surface area contributed by atoms with Crippen LogP contribution >= 0.6 is 12.6 Å². The van der Waals surface area contributed by atoms with Crippen molar-refractivity contribution in [3.63, 3.8) is 0 Å². The molecule has 1 unspecified atom stereocenters. The van der Waals surface area contributed by atoms with Crippen LogP contribution in [-0.2, 0) is 0 Å². The first kappa shape index (κ1) is 9.46. The molecule has 12 heavy (non-hydrogen) atoms. The average Bonchev–Trinajstić information content (AvgIpc) is 2.08. The highest BCUT2D eigenvalue weighted by Gasteiger charge is 2.06. The van der Waals surface area contributed by atoms with Crippen molar-refractivity contribution in [1.82, 2.24) is 0 Å². The van der Waals surface area contributed by atoms with Gasteiger partial charge in [0.05, 0.1) is 0 Å². The normalized spacial score (nSPS) is 12.9. The molecule has 0 fully saturated rings. The number of hydrogen-bond donors (Lipinski definition) is 2. The van der Waals surface area contributed by atoms with Crippen LogP contribution in [0.3, 0.4) is 0 Å². The Kier molecular flexibility index (Phi) is 3.04. The molecule has 0 aliphatic rings. The molecule has 2 N–H and O–H groups in total. The Morgan fingerprint density at radius 2 is 2.17 bits per heavy atom. The molecule has 0 amide bonds. The molecule has 0 aliphatic heterocycles. The molecule has 1 aromatic rings. The van der Waals surface area contributed by atoms with E-state index in [1.54, 1.807) is 0 Å². The van der Waals surface area contributed by atoms with E-state index in [9.17, 15) is 0 Å². The van der Waals surface area contributed by atoms with Gasteiger partial charge in [0.2, 0.25) is 0 Å². The van der Waals surface area contributed by atoms with E-state index in [2.05, 4.69) is 32.5 Å². The van der Waals surface area contributed by atoms with Gasteiger partial charge in [-0.3, -0.25) is 0 Å². The summed E-state index contributed by atoms with van der Waals surface area (Å²) < 4.78 is 0. The highest BCUT2D eigenvalue weighted by atomic mass is 32.1. The van der Waals surface area contributed by atoms with Gasteiger partial charge in [0.15, 0.2) is 0 Å². The van der Waals surface area contributed by atoms with Crippen molar-refractivity contribution < 1.29 is 0 Å². The summed E-state index contributed by atoms with van der Waals surface area (Å²) in [6, 6.07) is 6.08. The highest BCUT2D eigenvalue weighted by Crippen LogP contribution is 2.28. The molecule has 1 atom stereocenters. The van der Waals surface area contributed by atoms with E-state index in [1.165, 1.54) is 5.56 Å². The van der Waals surface area contributed by atoms with Gasteiger partial charge >= 0.3 is 0 Å². The molecule has 66 valence electrons. The fraction of sp³-hybridized carbons (Fsp3) is 0.400. The van der Waals surface area contributed by atoms with Crippen molar-refractivity contribution in [2.24, 2.45) is 0 Å². The fourth-order valence-electron chi connectivity index (χ4n) is 1.20. The van der Waals surface area contributed by atoms with Crippen LogP contribution in [0.1, 0.15) is 29.7 Å². The van der Waals surface area contributed by atoms with Crippen molar-refractivity contribution in [2.75, 3.05) is 5.73 Å². The van der Waals surface area contributed by atoms with Crippen LogP contribution in [0.15, 0.2) is 18.2 Å². The Morgan fingerprint density at radius 1 is 1.50 bits per heavy atom. The predicted octanol–water partition coefficient (Wildman–Crippen LogP) is 2.96. The lowest BCUT2D eigenvalue weighted by Gasteiger charge is -2.11. The van der Waals surface area contributed by atoms with E-state index in [0.29, 0.717) is 0 Å². The van der Waals surface area contributed by atoms with Gasteiger partial charge in [0, 0.05) is 10.9 Å².